The summed E-state index contributed by atoms with van der Waals surface area (Å²) >= 11 is 0. The van der Waals surface area contributed by atoms with Crippen LogP contribution in [-0.4, -0.2) is 68.7 Å². The molecule has 1 amide bonds. The lowest BCUT2D eigenvalue weighted by atomic mass is 10.1. The number of carbonyl (C=O) groups is 2. The van der Waals surface area contributed by atoms with Gasteiger partial charge in [0.15, 0.2) is 0 Å². The van der Waals surface area contributed by atoms with Crippen molar-refractivity contribution in [3.05, 3.63) is 0 Å². The van der Waals surface area contributed by atoms with E-state index < -0.39 is 11.6 Å². The molecular formula is C15H27NO6. The Morgan fingerprint density at radius 2 is 1.91 bits per heavy atom. The predicted octanol–water partition coefficient (Wildman–Crippen LogP) is 1.45. The zero-order chi connectivity index (χ0) is 16.8. The first kappa shape index (κ1) is 18.7. The van der Waals surface area contributed by atoms with Gasteiger partial charge < -0.3 is 23.8 Å². The number of methoxy groups -OCH3 is 1. The van der Waals surface area contributed by atoms with E-state index >= 15 is 0 Å². The van der Waals surface area contributed by atoms with E-state index in [2.05, 4.69) is 0 Å². The molecule has 1 saturated heterocycles. The molecule has 0 N–H and O–H groups in total. The van der Waals surface area contributed by atoms with Gasteiger partial charge in [-0.05, 0) is 27.7 Å². The molecule has 0 aliphatic carbocycles. The highest BCUT2D eigenvalue weighted by atomic mass is 16.6. The third kappa shape index (κ3) is 6.19. The Hall–Kier alpha value is -1.34. The second-order valence-electron chi connectivity index (χ2n) is 6.24. The van der Waals surface area contributed by atoms with Crippen LogP contribution in [0.2, 0.25) is 0 Å². The largest absolute Gasteiger partial charge is 0.464 e. The normalized spacial score (nSPS) is 21.8. The van der Waals surface area contributed by atoms with Crippen LogP contribution in [0.5, 0.6) is 0 Å². The third-order valence-corrected chi connectivity index (χ3v) is 3.19. The molecule has 1 fully saturated rings. The van der Waals surface area contributed by atoms with Crippen LogP contribution < -0.4 is 0 Å². The molecule has 1 aliphatic heterocycles. The fourth-order valence-corrected chi connectivity index (χ4v) is 2.24. The average molecular weight is 317 g/mol. The van der Waals surface area contributed by atoms with Crippen LogP contribution in [0.3, 0.4) is 0 Å². The zero-order valence-electron chi connectivity index (χ0n) is 14.1. The molecule has 0 spiro atoms. The molecule has 0 saturated carbocycles. The fourth-order valence-electron chi connectivity index (χ4n) is 2.24. The SMILES string of the molecule is CCOC(=O)COC[C@H]1CN(C(=O)OC(C)(C)C)C[C@@H]1OC. The standard InChI is InChI=1S/C15H27NO6/c1-6-21-13(17)10-20-9-11-7-16(8-12(11)19-5)14(18)22-15(2,3)4/h11-12H,6-10H2,1-5H3/t11-,12+/m1/s1. The number of amides is 1. The molecule has 0 bridgehead atoms. The van der Waals surface area contributed by atoms with Crippen LogP contribution in [0.25, 0.3) is 0 Å². The van der Waals surface area contributed by atoms with Crippen molar-refractivity contribution in [2.24, 2.45) is 5.92 Å². The maximum atomic E-state index is 12.1. The van der Waals surface area contributed by atoms with Gasteiger partial charge in [-0.1, -0.05) is 0 Å². The first-order valence-electron chi connectivity index (χ1n) is 7.51. The fraction of sp³-hybridized carbons (Fsp3) is 0.867. The smallest absolute Gasteiger partial charge is 0.410 e. The molecule has 1 aliphatic rings. The van der Waals surface area contributed by atoms with Crippen LogP contribution in [0.4, 0.5) is 4.79 Å². The summed E-state index contributed by atoms with van der Waals surface area (Å²) in [4.78, 5) is 24.9. The van der Waals surface area contributed by atoms with Crippen molar-refractivity contribution in [1.82, 2.24) is 4.90 Å². The molecule has 1 rings (SSSR count). The van der Waals surface area contributed by atoms with Gasteiger partial charge in [-0.2, -0.15) is 0 Å². The minimum absolute atomic E-state index is 0.00643. The van der Waals surface area contributed by atoms with Crippen LogP contribution in [0.15, 0.2) is 0 Å². The highest BCUT2D eigenvalue weighted by molar-refractivity contribution is 5.70. The Morgan fingerprint density at radius 1 is 1.23 bits per heavy atom. The van der Waals surface area contributed by atoms with Gasteiger partial charge in [-0.3, -0.25) is 0 Å². The molecule has 7 nitrogen and oxygen atoms in total. The Labute approximate surface area is 131 Å². The maximum absolute atomic E-state index is 12.1. The Kier molecular flexibility index (Phi) is 7.09. The van der Waals surface area contributed by atoms with Gasteiger partial charge in [-0.15, -0.1) is 0 Å². The first-order valence-corrected chi connectivity index (χ1v) is 7.51. The van der Waals surface area contributed by atoms with E-state index in [1.54, 1.807) is 18.9 Å². The molecule has 0 aromatic heterocycles. The van der Waals surface area contributed by atoms with Gasteiger partial charge in [0.25, 0.3) is 0 Å². The van der Waals surface area contributed by atoms with Gasteiger partial charge in [0.2, 0.25) is 0 Å². The van der Waals surface area contributed by atoms with Crippen molar-refractivity contribution in [3.63, 3.8) is 0 Å². The lowest BCUT2D eigenvalue weighted by molar-refractivity contribution is -0.149. The van der Waals surface area contributed by atoms with Gasteiger partial charge >= 0.3 is 12.1 Å². The number of likely N-dealkylation sites (tertiary alicyclic amines) is 1. The van der Waals surface area contributed by atoms with Crippen LogP contribution in [0, 0.1) is 5.92 Å². The molecular weight excluding hydrogens is 290 g/mol. The van der Waals surface area contributed by atoms with Crippen molar-refractivity contribution < 1.29 is 28.5 Å². The molecule has 22 heavy (non-hydrogen) atoms. The van der Waals surface area contributed by atoms with Gasteiger partial charge in [0.1, 0.15) is 12.2 Å². The van der Waals surface area contributed by atoms with E-state index in [4.69, 9.17) is 18.9 Å². The number of carbonyl (C=O) groups excluding carboxylic acids is 2. The van der Waals surface area contributed by atoms with E-state index in [1.807, 2.05) is 20.8 Å². The molecule has 0 unspecified atom stereocenters. The predicted molar refractivity (Wildman–Crippen MR) is 79.5 cm³/mol. The minimum atomic E-state index is -0.530. The van der Waals surface area contributed by atoms with Crippen molar-refractivity contribution in [1.29, 1.82) is 0 Å². The van der Waals surface area contributed by atoms with Crippen LogP contribution >= 0.6 is 0 Å². The quantitative estimate of drug-likeness (QED) is 0.690. The molecule has 128 valence electrons. The number of ether oxygens (including phenoxy) is 4. The average Bonchev–Trinajstić information content (AvgIpc) is 2.80. The number of hydrogen-bond donors (Lipinski definition) is 0. The van der Waals surface area contributed by atoms with E-state index in [1.165, 1.54) is 0 Å². The summed E-state index contributed by atoms with van der Waals surface area (Å²) in [6.07, 6.45) is -0.489. The summed E-state index contributed by atoms with van der Waals surface area (Å²) in [6.45, 7) is 8.74. The number of nitrogens with zero attached hydrogens (tertiary/aromatic N) is 1. The van der Waals surface area contributed by atoms with E-state index in [9.17, 15) is 9.59 Å². The molecule has 2 atom stereocenters. The summed E-state index contributed by atoms with van der Waals surface area (Å²) in [5.41, 5.74) is -0.530. The first-order chi connectivity index (χ1) is 10.3. The molecule has 0 aromatic carbocycles. The Bertz CT molecular complexity index is 379. The van der Waals surface area contributed by atoms with E-state index in [-0.39, 0.29) is 24.7 Å². The van der Waals surface area contributed by atoms with Crippen molar-refractivity contribution in [3.8, 4) is 0 Å². The summed E-state index contributed by atoms with van der Waals surface area (Å²) in [7, 11) is 1.60. The maximum Gasteiger partial charge on any atom is 0.410 e. The minimum Gasteiger partial charge on any atom is -0.464 e. The molecule has 7 heteroatoms. The van der Waals surface area contributed by atoms with Crippen molar-refractivity contribution >= 4 is 12.1 Å². The molecule has 0 radical (unpaired) electrons. The summed E-state index contributed by atoms with van der Waals surface area (Å²) < 4.78 is 20.9. The summed E-state index contributed by atoms with van der Waals surface area (Å²) in [5.74, 6) is -0.384. The zero-order valence-corrected chi connectivity index (χ0v) is 14.1. The van der Waals surface area contributed by atoms with Crippen LogP contribution in [0.1, 0.15) is 27.7 Å². The highest BCUT2D eigenvalue weighted by Crippen LogP contribution is 2.22. The monoisotopic (exact) mass is 317 g/mol. The lowest BCUT2D eigenvalue weighted by Gasteiger charge is -2.24. The van der Waals surface area contributed by atoms with Crippen LogP contribution in [-0.2, 0) is 23.7 Å². The van der Waals surface area contributed by atoms with E-state index in [0.29, 0.717) is 26.3 Å². The second kappa shape index (κ2) is 8.33. The second-order valence-corrected chi connectivity index (χ2v) is 6.24. The Morgan fingerprint density at radius 3 is 2.45 bits per heavy atom. The highest BCUT2D eigenvalue weighted by Gasteiger charge is 2.37. The van der Waals surface area contributed by atoms with Crippen molar-refractivity contribution in [2.75, 3.05) is 40.0 Å². The Balaban J connectivity index is 2.44. The third-order valence-electron chi connectivity index (χ3n) is 3.19. The van der Waals surface area contributed by atoms with Gasteiger partial charge in [0.05, 0.1) is 25.9 Å². The number of esters is 1. The topological polar surface area (TPSA) is 74.3 Å². The van der Waals surface area contributed by atoms with Crippen molar-refractivity contribution in [2.45, 2.75) is 39.4 Å². The number of rotatable bonds is 6. The molecule has 1 heterocycles. The van der Waals surface area contributed by atoms with Gasteiger partial charge in [-0.25, -0.2) is 9.59 Å². The summed E-state index contributed by atoms with van der Waals surface area (Å²) in [5, 5.41) is 0. The van der Waals surface area contributed by atoms with Gasteiger partial charge in [0, 0.05) is 19.6 Å². The van der Waals surface area contributed by atoms with E-state index in [0.717, 1.165) is 0 Å². The lowest BCUT2D eigenvalue weighted by Crippen LogP contribution is -2.36. The molecule has 0 aromatic rings. The number of hydrogen-bond acceptors (Lipinski definition) is 6. The summed E-state index contributed by atoms with van der Waals surface area (Å²) in [6, 6.07) is 0.